The molecule has 2 aromatic carbocycles. The lowest BCUT2D eigenvalue weighted by Gasteiger charge is -2.25. The van der Waals surface area contributed by atoms with E-state index in [0.29, 0.717) is 30.3 Å². The molecule has 1 aliphatic heterocycles. The number of nitrogens with zero attached hydrogens (tertiary/aromatic N) is 1. The molecule has 0 bridgehead atoms. The van der Waals surface area contributed by atoms with E-state index in [4.69, 9.17) is 4.74 Å². The molecule has 3 rings (SSSR count). The zero-order valence-electron chi connectivity index (χ0n) is 16.9. The van der Waals surface area contributed by atoms with Crippen molar-refractivity contribution in [2.75, 3.05) is 13.1 Å². The Hall–Kier alpha value is -2.38. The molecule has 1 aliphatic rings. The first-order valence-electron chi connectivity index (χ1n) is 9.96. The van der Waals surface area contributed by atoms with E-state index >= 15 is 0 Å². The molecule has 1 atom stereocenters. The first-order valence-corrected chi connectivity index (χ1v) is 11.4. The van der Waals surface area contributed by atoms with Gasteiger partial charge in [-0.25, -0.2) is 8.42 Å². The lowest BCUT2D eigenvalue weighted by Crippen LogP contribution is -2.36. The number of amides is 1. The van der Waals surface area contributed by atoms with Gasteiger partial charge in [-0.2, -0.15) is 4.31 Å². The number of hydrogen-bond acceptors (Lipinski definition) is 4. The molecule has 7 heteroatoms. The minimum absolute atomic E-state index is 0.225. The minimum atomic E-state index is -3.44. The summed E-state index contributed by atoms with van der Waals surface area (Å²) in [6, 6.07) is 14.2. The van der Waals surface area contributed by atoms with Crippen molar-refractivity contribution in [1.82, 2.24) is 9.62 Å². The fraction of sp³-hybridized carbons (Fsp3) is 0.409. The maximum Gasteiger partial charge on any atom is 0.261 e. The number of piperidine rings is 1. The second kappa shape index (κ2) is 9.41. The molecular formula is C22H28N2O4S. The molecule has 0 aromatic heterocycles. The van der Waals surface area contributed by atoms with Crippen LogP contribution in [0.3, 0.4) is 0 Å². The summed E-state index contributed by atoms with van der Waals surface area (Å²) < 4.78 is 32.6. The Labute approximate surface area is 172 Å². The highest BCUT2D eigenvalue weighted by molar-refractivity contribution is 7.89. The van der Waals surface area contributed by atoms with Gasteiger partial charge in [-0.3, -0.25) is 4.79 Å². The van der Waals surface area contributed by atoms with Gasteiger partial charge < -0.3 is 10.1 Å². The van der Waals surface area contributed by atoms with Crippen molar-refractivity contribution in [3.8, 4) is 5.75 Å². The molecule has 29 heavy (non-hydrogen) atoms. The highest BCUT2D eigenvalue weighted by atomic mass is 32.2. The highest BCUT2D eigenvalue weighted by Gasteiger charge is 2.25. The molecule has 1 saturated heterocycles. The topological polar surface area (TPSA) is 75.7 Å². The summed E-state index contributed by atoms with van der Waals surface area (Å²) in [5.41, 5.74) is 1.90. The molecular weight excluding hydrogens is 388 g/mol. The Morgan fingerprint density at radius 2 is 1.79 bits per heavy atom. The Bertz CT molecular complexity index is 936. The van der Waals surface area contributed by atoms with E-state index in [-0.39, 0.29) is 5.91 Å². The second-order valence-corrected chi connectivity index (χ2v) is 9.34. The van der Waals surface area contributed by atoms with Gasteiger partial charge in [-0.05, 0) is 62.1 Å². The van der Waals surface area contributed by atoms with Crippen molar-refractivity contribution < 1.29 is 17.9 Å². The molecule has 0 saturated carbocycles. The Balaban J connectivity index is 1.55. The van der Waals surface area contributed by atoms with Gasteiger partial charge in [-0.15, -0.1) is 0 Å². The maximum atomic E-state index is 12.7. The summed E-state index contributed by atoms with van der Waals surface area (Å²) in [6.45, 7) is 5.14. The van der Waals surface area contributed by atoms with Gasteiger partial charge in [0, 0.05) is 19.6 Å². The third-order valence-electron chi connectivity index (χ3n) is 5.01. The third-order valence-corrected chi connectivity index (χ3v) is 6.93. The van der Waals surface area contributed by atoms with Crippen molar-refractivity contribution in [1.29, 1.82) is 0 Å². The Kier molecular flexibility index (Phi) is 6.92. The van der Waals surface area contributed by atoms with Crippen LogP contribution in [-0.2, 0) is 21.4 Å². The van der Waals surface area contributed by atoms with Crippen molar-refractivity contribution in [3.63, 3.8) is 0 Å². The van der Waals surface area contributed by atoms with Crippen molar-refractivity contribution in [3.05, 3.63) is 59.7 Å². The van der Waals surface area contributed by atoms with E-state index in [2.05, 4.69) is 5.32 Å². The van der Waals surface area contributed by atoms with Crippen LogP contribution in [-0.4, -0.2) is 37.8 Å². The maximum absolute atomic E-state index is 12.7. The van der Waals surface area contributed by atoms with Crippen LogP contribution in [0.25, 0.3) is 0 Å². The van der Waals surface area contributed by atoms with E-state index < -0.39 is 16.1 Å². The number of carbonyl (C=O) groups is 1. The number of aryl methyl sites for hydroxylation is 1. The molecule has 1 heterocycles. The smallest absolute Gasteiger partial charge is 0.261 e. The summed E-state index contributed by atoms with van der Waals surface area (Å²) in [5.74, 6) is 0.427. The number of sulfonamides is 1. The van der Waals surface area contributed by atoms with Crippen LogP contribution in [0.2, 0.25) is 0 Å². The first-order chi connectivity index (χ1) is 13.9. The zero-order chi connectivity index (χ0) is 20.9. The number of ether oxygens (including phenoxy) is 1. The highest BCUT2D eigenvalue weighted by Crippen LogP contribution is 2.21. The summed E-state index contributed by atoms with van der Waals surface area (Å²) in [4.78, 5) is 12.6. The lowest BCUT2D eigenvalue weighted by atomic mass is 10.2. The van der Waals surface area contributed by atoms with Crippen LogP contribution in [0.5, 0.6) is 5.75 Å². The van der Waals surface area contributed by atoms with Crippen LogP contribution < -0.4 is 10.1 Å². The Morgan fingerprint density at radius 3 is 2.45 bits per heavy atom. The normalized spacial score (nSPS) is 16.2. The zero-order valence-corrected chi connectivity index (χ0v) is 17.7. The van der Waals surface area contributed by atoms with Crippen LogP contribution in [0.4, 0.5) is 0 Å². The van der Waals surface area contributed by atoms with Crippen molar-refractivity contribution in [2.24, 2.45) is 0 Å². The predicted octanol–water partition coefficient (Wildman–Crippen LogP) is 3.25. The fourth-order valence-corrected chi connectivity index (χ4v) is 4.83. The molecule has 0 spiro atoms. The lowest BCUT2D eigenvalue weighted by molar-refractivity contribution is -0.127. The SMILES string of the molecule is Cc1cccc(OC(C)C(=O)NCc2ccc(S(=O)(=O)N3CCCCC3)cc2)c1. The van der Waals surface area contributed by atoms with Gasteiger partial charge in [0.1, 0.15) is 5.75 Å². The second-order valence-electron chi connectivity index (χ2n) is 7.40. The average molecular weight is 417 g/mol. The number of rotatable bonds is 7. The van der Waals surface area contributed by atoms with Crippen LogP contribution in [0, 0.1) is 6.92 Å². The largest absolute Gasteiger partial charge is 0.481 e. The van der Waals surface area contributed by atoms with Gasteiger partial charge in [0.15, 0.2) is 6.10 Å². The molecule has 0 radical (unpaired) electrons. The summed E-state index contributed by atoms with van der Waals surface area (Å²) in [5, 5.41) is 2.83. The van der Waals surface area contributed by atoms with Gasteiger partial charge in [0.05, 0.1) is 4.90 Å². The molecule has 1 amide bonds. The summed E-state index contributed by atoms with van der Waals surface area (Å²) in [6.07, 6.45) is 2.27. The summed E-state index contributed by atoms with van der Waals surface area (Å²) in [7, 11) is -3.44. The number of hydrogen-bond donors (Lipinski definition) is 1. The van der Waals surface area contributed by atoms with Gasteiger partial charge >= 0.3 is 0 Å². The fourth-order valence-electron chi connectivity index (χ4n) is 3.31. The Morgan fingerprint density at radius 1 is 1.10 bits per heavy atom. The standard InChI is InChI=1S/C22H28N2O4S/c1-17-7-6-8-20(15-17)28-18(2)22(25)23-16-19-9-11-21(12-10-19)29(26,27)24-13-4-3-5-14-24/h6-12,15,18H,3-5,13-14,16H2,1-2H3,(H,23,25). The number of benzene rings is 2. The van der Waals surface area contributed by atoms with Crippen molar-refractivity contribution in [2.45, 2.75) is 50.7 Å². The number of carbonyl (C=O) groups excluding carboxylic acids is 1. The molecule has 6 nitrogen and oxygen atoms in total. The van der Waals surface area contributed by atoms with Gasteiger partial charge in [0.2, 0.25) is 10.0 Å². The van der Waals surface area contributed by atoms with E-state index in [0.717, 1.165) is 30.4 Å². The van der Waals surface area contributed by atoms with Crippen LogP contribution >= 0.6 is 0 Å². The molecule has 1 N–H and O–H groups in total. The van der Waals surface area contributed by atoms with Crippen LogP contribution in [0.1, 0.15) is 37.3 Å². The first kappa shape index (κ1) is 21.3. The van der Waals surface area contributed by atoms with E-state index in [1.807, 2.05) is 31.2 Å². The molecule has 2 aromatic rings. The number of nitrogens with one attached hydrogen (secondary N) is 1. The molecule has 1 fully saturated rings. The van der Waals surface area contributed by atoms with Crippen LogP contribution in [0.15, 0.2) is 53.4 Å². The van der Waals surface area contributed by atoms with E-state index in [9.17, 15) is 13.2 Å². The monoisotopic (exact) mass is 416 g/mol. The molecule has 0 aliphatic carbocycles. The van der Waals surface area contributed by atoms with E-state index in [1.54, 1.807) is 35.5 Å². The third kappa shape index (κ3) is 5.58. The quantitative estimate of drug-likeness (QED) is 0.752. The minimum Gasteiger partial charge on any atom is -0.481 e. The van der Waals surface area contributed by atoms with E-state index in [1.165, 1.54) is 0 Å². The van der Waals surface area contributed by atoms with Gasteiger partial charge in [0.25, 0.3) is 5.91 Å². The predicted molar refractivity (Wildman–Crippen MR) is 112 cm³/mol. The average Bonchev–Trinajstić information content (AvgIpc) is 2.73. The van der Waals surface area contributed by atoms with Crippen molar-refractivity contribution >= 4 is 15.9 Å². The molecule has 1 unspecified atom stereocenters. The molecule has 156 valence electrons. The summed E-state index contributed by atoms with van der Waals surface area (Å²) >= 11 is 0. The van der Waals surface area contributed by atoms with Gasteiger partial charge in [-0.1, -0.05) is 30.7 Å².